The second-order valence-electron chi connectivity index (χ2n) is 7.42. The van der Waals surface area contributed by atoms with Crippen LogP contribution in [0.15, 0.2) is 54.6 Å². The highest BCUT2D eigenvalue weighted by Crippen LogP contribution is 2.37. The maximum Gasteiger partial charge on any atom is 0.123 e. The van der Waals surface area contributed by atoms with Crippen molar-refractivity contribution < 1.29 is 4.39 Å². The number of rotatable bonds is 8. The Bertz CT molecular complexity index is 718. The molecule has 2 aromatic rings. The van der Waals surface area contributed by atoms with Crippen molar-refractivity contribution in [2.24, 2.45) is 5.92 Å². The van der Waals surface area contributed by atoms with Gasteiger partial charge in [0.1, 0.15) is 5.82 Å². The molecule has 0 amide bonds. The van der Waals surface area contributed by atoms with Gasteiger partial charge in [-0.05, 0) is 62.5 Å². The number of benzene rings is 2. The highest BCUT2D eigenvalue weighted by Gasteiger charge is 2.35. The largest absolute Gasteiger partial charge is 0.300 e. The van der Waals surface area contributed by atoms with Gasteiger partial charge in [-0.1, -0.05) is 56.3 Å². The SMILES string of the molecule is CC(c1ccccc1)N(C)CCCC(C#N)(c1ccc(F)cc1)C(C)C. The van der Waals surface area contributed by atoms with Gasteiger partial charge in [-0.15, -0.1) is 0 Å². The Morgan fingerprint density at radius 2 is 1.65 bits per heavy atom. The first-order valence-electron chi connectivity index (χ1n) is 9.33. The van der Waals surface area contributed by atoms with Crippen LogP contribution in [0.3, 0.4) is 0 Å². The topological polar surface area (TPSA) is 27.0 Å². The molecule has 0 aliphatic rings. The van der Waals surface area contributed by atoms with Crippen molar-refractivity contribution in [1.82, 2.24) is 4.90 Å². The minimum Gasteiger partial charge on any atom is -0.300 e. The van der Waals surface area contributed by atoms with Crippen LogP contribution in [0.5, 0.6) is 0 Å². The van der Waals surface area contributed by atoms with Crippen LogP contribution in [0, 0.1) is 23.1 Å². The predicted molar refractivity (Wildman–Crippen MR) is 105 cm³/mol. The van der Waals surface area contributed by atoms with Crippen molar-refractivity contribution in [2.75, 3.05) is 13.6 Å². The van der Waals surface area contributed by atoms with Gasteiger partial charge in [0.25, 0.3) is 0 Å². The fraction of sp³-hybridized carbons (Fsp3) is 0.435. The van der Waals surface area contributed by atoms with Crippen molar-refractivity contribution in [3.05, 3.63) is 71.5 Å². The van der Waals surface area contributed by atoms with Gasteiger partial charge in [0, 0.05) is 6.04 Å². The molecule has 2 aromatic carbocycles. The lowest BCUT2D eigenvalue weighted by Crippen LogP contribution is -2.32. The number of nitriles is 1. The fourth-order valence-corrected chi connectivity index (χ4v) is 3.55. The van der Waals surface area contributed by atoms with Crippen LogP contribution >= 0.6 is 0 Å². The Kier molecular flexibility index (Phi) is 6.94. The van der Waals surface area contributed by atoms with Gasteiger partial charge in [-0.25, -0.2) is 4.39 Å². The summed E-state index contributed by atoms with van der Waals surface area (Å²) >= 11 is 0. The minimum atomic E-state index is -0.579. The zero-order valence-corrected chi connectivity index (χ0v) is 16.2. The molecule has 0 heterocycles. The average molecular weight is 352 g/mol. The summed E-state index contributed by atoms with van der Waals surface area (Å²) in [4.78, 5) is 2.32. The van der Waals surface area contributed by atoms with E-state index in [1.807, 2.05) is 6.07 Å². The first-order valence-corrected chi connectivity index (χ1v) is 9.33. The molecule has 138 valence electrons. The van der Waals surface area contributed by atoms with Crippen LogP contribution in [0.2, 0.25) is 0 Å². The lowest BCUT2D eigenvalue weighted by Gasteiger charge is -2.33. The van der Waals surface area contributed by atoms with Crippen LogP contribution in [0.1, 0.15) is 50.8 Å². The third kappa shape index (κ3) is 4.51. The van der Waals surface area contributed by atoms with Crippen molar-refractivity contribution in [3.8, 4) is 6.07 Å². The lowest BCUT2D eigenvalue weighted by molar-refractivity contribution is 0.241. The zero-order chi connectivity index (χ0) is 19.2. The van der Waals surface area contributed by atoms with E-state index in [2.05, 4.69) is 63.1 Å². The quantitative estimate of drug-likeness (QED) is 0.608. The highest BCUT2D eigenvalue weighted by atomic mass is 19.1. The van der Waals surface area contributed by atoms with E-state index in [1.54, 1.807) is 12.1 Å². The van der Waals surface area contributed by atoms with E-state index in [0.29, 0.717) is 6.04 Å². The van der Waals surface area contributed by atoms with Gasteiger partial charge in [-0.2, -0.15) is 5.26 Å². The molecule has 3 heteroatoms. The molecule has 0 aromatic heterocycles. The maximum absolute atomic E-state index is 13.3. The summed E-state index contributed by atoms with van der Waals surface area (Å²) in [6, 6.07) is 19.7. The minimum absolute atomic E-state index is 0.162. The summed E-state index contributed by atoms with van der Waals surface area (Å²) in [6.07, 6.45) is 1.68. The van der Waals surface area contributed by atoms with E-state index in [1.165, 1.54) is 17.7 Å². The Morgan fingerprint density at radius 1 is 1.04 bits per heavy atom. The first-order chi connectivity index (χ1) is 12.4. The third-order valence-electron chi connectivity index (χ3n) is 5.57. The molecule has 2 atom stereocenters. The van der Waals surface area contributed by atoms with Crippen LogP contribution in [0.25, 0.3) is 0 Å². The maximum atomic E-state index is 13.3. The Balaban J connectivity index is 2.06. The summed E-state index contributed by atoms with van der Waals surface area (Å²) in [5, 5.41) is 9.96. The van der Waals surface area contributed by atoms with Crippen LogP contribution < -0.4 is 0 Å². The molecule has 0 N–H and O–H groups in total. The first kappa shape index (κ1) is 20.1. The molecule has 0 saturated heterocycles. The van der Waals surface area contributed by atoms with E-state index in [9.17, 15) is 9.65 Å². The van der Waals surface area contributed by atoms with Crippen LogP contribution in [-0.2, 0) is 5.41 Å². The van der Waals surface area contributed by atoms with E-state index in [4.69, 9.17) is 0 Å². The van der Waals surface area contributed by atoms with E-state index in [-0.39, 0.29) is 11.7 Å². The summed E-state index contributed by atoms with van der Waals surface area (Å²) in [6.45, 7) is 7.26. The van der Waals surface area contributed by atoms with Crippen LogP contribution in [0.4, 0.5) is 4.39 Å². The molecule has 2 nitrogen and oxygen atoms in total. The van der Waals surface area contributed by atoms with Gasteiger partial charge in [0.05, 0.1) is 11.5 Å². The van der Waals surface area contributed by atoms with E-state index < -0.39 is 5.41 Å². The number of hydrogen-bond donors (Lipinski definition) is 0. The summed E-state index contributed by atoms with van der Waals surface area (Å²) < 4.78 is 13.3. The zero-order valence-electron chi connectivity index (χ0n) is 16.2. The molecule has 0 saturated carbocycles. The van der Waals surface area contributed by atoms with E-state index in [0.717, 1.165) is 24.9 Å². The lowest BCUT2D eigenvalue weighted by atomic mass is 9.70. The molecule has 2 unspecified atom stereocenters. The molecule has 0 fully saturated rings. The van der Waals surface area contributed by atoms with Gasteiger partial charge in [0.15, 0.2) is 0 Å². The third-order valence-corrected chi connectivity index (χ3v) is 5.57. The van der Waals surface area contributed by atoms with Crippen molar-refractivity contribution >= 4 is 0 Å². The Labute approximate surface area is 157 Å². The van der Waals surface area contributed by atoms with Gasteiger partial charge in [0.2, 0.25) is 0 Å². The second kappa shape index (κ2) is 8.96. The highest BCUT2D eigenvalue weighted by molar-refractivity contribution is 5.33. The van der Waals surface area contributed by atoms with Gasteiger partial charge in [-0.3, -0.25) is 4.90 Å². The molecule has 0 spiro atoms. The number of hydrogen-bond acceptors (Lipinski definition) is 2. The molecular formula is C23H29FN2. The smallest absolute Gasteiger partial charge is 0.123 e. The summed E-state index contributed by atoms with van der Waals surface area (Å²) in [7, 11) is 2.12. The molecule has 0 aliphatic carbocycles. The van der Waals surface area contributed by atoms with Gasteiger partial charge < -0.3 is 0 Å². The predicted octanol–water partition coefficient (Wildman–Crippen LogP) is 5.72. The Hall–Kier alpha value is -2.18. The number of nitrogens with zero attached hydrogens (tertiary/aromatic N) is 2. The number of halogens is 1. The second-order valence-corrected chi connectivity index (χ2v) is 7.42. The molecular weight excluding hydrogens is 323 g/mol. The molecule has 2 rings (SSSR count). The summed E-state index contributed by atoms with van der Waals surface area (Å²) in [5.41, 5.74) is 1.63. The molecule has 0 radical (unpaired) electrons. The summed E-state index contributed by atoms with van der Waals surface area (Å²) in [5.74, 6) is -0.101. The molecule has 0 bridgehead atoms. The monoisotopic (exact) mass is 352 g/mol. The van der Waals surface area contributed by atoms with Crippen LogP contribution in [-0.4, -0.2) is 18.5 Å². The van der Waals surface area contributed by atoms with E-state index >= 15 is 0 Å². The van der Waals surface area contributed by atoms with Crippen molar-refractivity contribution in [2.45, 2.75) is 45.1 Å². The van der Waals surface area contributed by atoms with Crippen molar-refractivity contribution in [1.29, 1.82) is 5.26 Å². The Morgan fingerprint density at radius 3 is 2.19 bits per heavy atom. The van der Waals surface area contributed by atoms with Crippen molar-refractivity contribution in [3.63, 3.8) is 0 Å². The fourth-order valence-electron chi connectivity index (χ4n) is 3.55. The van der Waals surface area contributed by atoms with Gasteiger partial charge >= 0.3 is 0 Å². The average Bonchev–Trinajstić information content (AvgIpc) is 2.66. The normalized spacial score (nSPS) is 14.8. The molecule has 0 aliphatic heterocycles. The molecule has 26 heavy (non-hydrogen) atoms. The standard InChI is InChI=1S/C23H29FN2/c1-18(2)23(17-25,21-11-13-22(24)14-12-21)15-8-16-26(4)19(3)20-9-6-5-7-10-20/h5-7,9-14,18-19H,8,15-16H2,1-4H3.